The van der Waals surface area contributed by atoms with Gasteiger partial charge in [-0.15, -0.1) is 12.4 Å². The number of rotatable bonds is 3. The Morgan fingerprint density at radius 1 is 1.26 bits per heavy atom. The topological polar surface area (TPSA) is 64.4 Å². The van der Waals surface area contributed by atoms with Gasteiger partial charge in [0.2, 0.25) is 5.91 Å². The smallest absolute Gasteiger partial charge is 0.249 e. The Balaban J connectivity index is 0.00000180. The van der Waals surface area contributed by atoms with Crippen LogP contribution in [0.5, 0.6) is 0 Å². The number of nitrogens with one attached hydrogen (secondary N) is 1. The first-order valence-corrected chi connectivity index (χ1v) is 7.27. The molecule has 1 amide bonds. The van der Waals surface area contributed by atoms with Gasteiger partial charge in [-0.05, 0) is 31.1 Å². The highest BCUT2D eigenvalue weighted by atomic mass is 35.5. The molecular formula is C14H27ClN2O2. The van der Waals surface area contributed by atoms with E-state index in [1.165, 1.54) is 12.8 Å². The molecule has 0 spiro atoms. The molecule has 5 atom stereocenters. The SMILES string of the molecule is CC1CCCC(NC(=O)[C@@H]2CC[C@H](CN)O2)C1C.Cl. The van der Waals surface area contributed by atoms with Crippen LogP contribution in [0.1, 0.15) is 46.0 Å². The van der Waals surface area contributed by atoms with Gasteiger partial charge < -0.3 is 15.8 Å². The van der Waals surface area contributed by atoms with Gasteiger partial charge in [0.1, 0.15) is 6.10 Å². The molecule has 1 saturated carbocycles. The number of carbonyl (C=O) groups excluding carboxylic acids is 1. The zero-order valence-corrected chi connectivity index (χ0v) is 12.7. The molecule has 0 aromatic carbocycles. The summed E-state index contributed by atoms with van der Waals surface area (Å²) < 4.78 is 5.64. The molecule has 0 bridgehead atoms. The van der Waals surface area contributed by atoms with E-state index in [1.54, 1.807) is 0 Å². The fourth-order valence-electron chi connectivity index (χ4n) is 3.13. The van der Waals surface area contributed by atoms with Crippen LogP contribution in [0.4, 0.5) is 0 Å². The van der Waals surface area contributed by atoms with Crippen LogP contribution in [0.2, 0.25) is 0 Å². The van der Waals surface area contributed by atoms with Crippen LogP contribution in [0.25, 0.3) is 0 Å². The van der Waals surface area contributed by atoms with Crippen LogP contribution in [-0.2, 0) is 9.53 Å². The summed E-state index contributed by atoms with van der Waals surface area (Å²) in [6, 6.07) is 0.321. The monoisotopic (exact) mass is 290 g/mol. The largest absolute Gasteiger partial charge is 0.364 e. The maximum absolute atomic E-state index is 12.2. The second kappa shape index (κ2) is 7.46. The molecule has 2 aliphatic rings. The van der Waals surface area contributed by atoms with Gasteiger partial charge in [0, 0.05) is 12.6 Å². The van der Waals surface area contributed by atoms with Gasteiger partial charge in [-0.25, -0.2) is 0 Å². The van der Waals surface area contributed by atoms with Crippen molar-refractivity contribution in [2.24, 2.45) is 17.6 Å². The Hall–Kier alpha value is -0.320. The Kier molecular flexibility index (Phi) is 6.57. The maximum Gasteiger partial charge on any atom is 0.249 e. The number of hydrogen-bond donors (Lipinski definition) is 2. The quantitative estimate of drug-likeness (QED) is 0.834. The standard InChI is InChI=1S/C14H26N2O2.ClH/c1-9-4-3-5-12(10(9)2)16-14(17)13-7-6-11(8-15)18-13;/h9-13H,3-8,15H2,1-2H3,(H,16,17);1H/t9?,10?,11-,12?,13+;/m1./s1. The molecule has 3 N–H and O–H groups in total. The molecule has 1 aliphatic heterocycles. The van der Waals surface area contributed by atoms with Crippen molar-refractivity contribution in [3.05, 3.63) is 0 Å². The Morgan fingerprint density at radius 2 is 2.00 bits per heavy atom. The van der Waals surface area contributed by atoms with Gasteiger partial charge >= 0.3 is 0 Å². The van der Waals surface area contributed by atoms with Crippen molar-refractivity contribution in [2.75, 3.05) is 6.54 Å². The third kappa shape index (κ3) is 4.07. The first-order chi connectivity index (χ1) is 8.61. The van der Waals surface area contributed by atoms with Crippen LogP contribution in [0, 0.1) is 11.8 Å². The van der Waals surface area contributed by atoms with Crippen molar-refractivity contribution in [1.82, 2.24) is 5.32 Å². The number of carbonyl (C=O) groups is 1. The van der Waals surface area contributed by atoms with Crippen LogP contribution in [0.15, 0.2) is 0 Å². The van der Waals surface area contributed by atoms with E-state index in [1.807, 2.05) is 0 Å². The zero-order chi connectivity index (χ0) is 13.1. The van der Waals surface area contributed by atoms with E-state index in [9.17, 15) is 4.79 Å². The minimum atomic E-state index is -0.275. The van der Waals surface area contributed by atoms with E-state index in [4.69, 9.17) is 10.5 Å². The van der Waals surface area contributed by atoms with E-state index in [2.05, 4.69) is 19.2 Å². The summed E-state index contributed by atoms with van der Waals surface area (Å²) >= 11 is 0. The number of halogens is 1. The molecule has 2 fully saturated rings. The van der Waals surface area contributed by atoms with Crippen molar-refractivity contribution >= 4 is 18.3 Å². The molecule has 1 aliphatic carbocycles. The van der Waals surface area contributed by atoms with E-state index in [-0.39, 0.29) is 30.5 Å². The van der Waals surface area contributed by atoms with E-state index < -0.39 is 0 Å². The zero-order valence-electron chi connectivity index (χ0n) is 11.9. The van der Waals surface area contributed by atoms with E-state index >= 15 is 0 Å². The lowest BCUT2D eigenvalue weighted by Crippen LogP contribution is -2.47. The van der Waals surface area contributed by atoms with Crippen molar-refractivity contribution in [3.8, 4) is 0 Å². The average Bonchev–Trinajstić information content (AvgIpc) is 2.83. The molecule has 1 heterocycles. The predicted octanol–water partition coefficient (Wildman–Crippen LogP) is 1.86. The summed E-state index contributed by atoms with van der Waals surface area (Å²) in [5, 5.41) is 3.18. The van der Waals surface area contributed by atoms with Gasteiger partial charge in [-0.3, -0.25) is 4.79 Å². The highest BCUT2D eigenvalue weighted by molar-refractivity contribution is 5.85. The molecule has 4 nitrogen and oxygen atoms in total. The van der Waals surface area contributed by atoms with Crippen LogP contribution in [0.3, 0.4) is 0 Å². The van der Waals surface area contributed by atoms with Crippen molar-refractivity contribution in [1.29, 1.82) is 0 Å². The maximum atomic E-state index is 12.2. The lowest BCUT2D eigenvalue weighted by atomic mass is 9.78. The van der Waals surface area contributed by atoms with Gasteiger partial charge in [-0.2, -0.15) is 0 Å². The van der Waals surface area contributed by atoms with Crippen molar-refractivity contribution < 1.29 is 9.53 Å². The number of hydrogen-bond acceptors (Lipinski definition) is 3. The number of nitrogens with two attached hydrogens (primary N) is 1. The predicted molar refractivity (Wildman–Crippen MR) is 78.3 cm³/mol. The molecular weight excluding hydrogens is 264 g/mol. The molecule has 0 aromatic rings. The Labute approximate surface area is 122 Å². The van der Waals surface area contributed by atoms with Crippen molar-refractivity contribution in [2.45, 2.75) is 64.2 Å². The average molecular weight is 291 g/mol. The van der Waals surface area contributed by atoms with E-state index in [0.29, 0.717) is 24.4 Å². The number of ether oxygens (including phenoxy) is 1. The summed E-state index contributed by atoms with van der Waals surface area (Å²) in [4.78, 5) is 12.2. The fourth-order valence-corrected chi connectivity index (χ4v) is 3.13. The lowest BCUT2D eigenvalue weighted by molar-refractivity contribution is -0.133. The van der Waals surface area contributed by atoms with Crippen molar-refractivity contribution in [3.63, 3.8) is 0 Å². The number of amides is 1. The normalized spacial score (nSPS) is 38.6. The second-order valence-corrected chi connectivity index (χ2v) is 5.94. The molecule has 19 heavy (non-hydrogen) atoms. The minimum Gasteiger partial charge on any atom is -0.364 e. The fraction of sp³-hybridized carbons (Fsp3) is 0.929. The summed E-state index contributed by atoms with van der Waals surface area (Å²) in [6.45, 7) is 5.03. The third-order valence-corrected chi connectivity index (χ3v) is 4.70. The molecule has 2 rings (SSSR count). The van der Waals surface area contributed by atoms with Crippen LogP contribution >= 0.6 is 12.4 Å². The molecule has 0 aromatic heterocycles. The van der Waals surface area contributed by atoms with Gasteiger partial charge in [0.15, 0.2) is 0 Å². The summed E-state index contributed by atoms with van der Waals surface area (Å²) in [7, 11) is 0. The van der Waals surface area contributed by atoms with Crippen LogP contribution in [-0.4, -0.2) is 30.7 Å². The highest BCUT2D eigenvalue weighted by Crippen LogP contribution is 2.30. The summed E-state index contributed by atoms with van der Waals surface area (Å²) in [5.74, 6) is 1.33. The Morgan fingerprint density at radius 3 is 2.63 bits per heavy atom. The molecule has 5 heteroatoms. The first-order valence-electron chi connectivity index (χ1n) is 7.27. The molecule has 1 saturated heterocycles. The summed E-state index contributed by atoms with van der Waals surface area (Å²) in [5.41, 5.74) is 5.56. The third-order valence-electron chi connectivity index (χ3n) is 4.70. The molecule has 0 radical (unpaired) electrons. The highest BCUT2D eigenvalue weighted by Gasteiger charge is 2.33. The molecule has 112 valence electrons. The first kappa shape index (κ1) is 16.7. The van der Waals surface area contributed by atoms with Crippen LogP contribution < -0.4 is 11.1 Å². The second-order valence-electron chi connectivity index (χ2n) is 5.94. The van der Waals surface area contributed by atoms with Gasteiger partial charge in [0.25, 0.3) is 0 Å². The summed E-state index contributed by atoms with van der Waals surface area (Å²) in [6.07, 6.45) is 5.11. The Bertz CT molecular complexity index is 301. The van der Waals surface area contributed by atoms with Gasteiger partial charge in [-0.1, -0.05) is 26.7 Å². The van der Waals surface area contributed by atoms with E-state index in [0.717, 1.165) is 19.3 Å². The molecule has 3 unspecified atom stereocenters. The van der Waals surface area contributed by atoms with Gasteiger partial charge in [0.05, 0.1) is 6.10 Å². The lowest BCUT2D eigenvalue weighted by Gasteiger charge is -2.35. The minimum absolute atomic E-state index is 0.